The van der Waals surface area contributed by atoms with E-state index in [0.717, 1.165) is 4.57 Å². The zero-order chi connectivity index (χ0) is 19.3. The first kappa shape index (κ1) is 16.6. The summed E-state index contributed by atoms with van der Waals surface area (Å²) in [5, 5.41) is 3.88. The minimum Gasteiger partial charge on any atom is -0.427 e. The molecule has 134 valence electrons. The second-order valence-electron chi connectivity index (χ2n) is 6.00. The highest BCUT2D eigenvalue weighted by Crippen LogP contribution is 2.34. The van der Waals surface area contributed by atoms with Crippen molar-refractivity contribution in [3.63, 3.8) is 0 Å². The summed E-state index contributed by atoms with van der Waals surface area (Å²) in [5.41, 5.74) is 0.469. The first-order chi connectivity index (χ1) is 12.9. The molecule has 4 rings (SSSR count). The molecule has 3 aromatic rings. The highest BCUT2D eigenvalue weighted by molar-refractivity contribution is 6.28. The van der Waals surface area contributed by atoms with Gasteiger partial charge in [0.05, 0.1) is 5.56 Å². The Bertz CT molecular complexity index is 1180. The Labute approximate surface area is 152 Å². The van der Waals surface area contributed by atoms with Crippen molar-refractivity contribution in [3.8, 4) is 17.0 Å². The van der Waals surface area contributed by atoms with Crippen LogP contribution in [0.15, 0.2) is 45.7 Å². The average molecular weight is 364 g/mol. The number of carbonyl (C=O) groups excluding carboxylic acids is 3. The summed E-state index contributed by atoms with van der Waals surface area (Å²) in [4.78, 5) is 48.5. The number of pyridine rings is 1. The summed E-state index contributed by atoms with van der Waals surface area (Å²) >= 11 is 0. The van der Waals surface area contributed by atoms with E-state index in [-0.39, 0.29) is 28.3 Å². The lowest BCUT2D eigenvalue weighted by Crippen LogP contribution is -2.30. The number of aromatic nitrogens is 2. The number of hydrogen-bond donors (Lipinski definition) is 0. The third-order valence-electron chi connectivity index (χ3n) is 4.29. The lowest BCUT2D eigenvalue weighted by molar-refractivity contribution is -0.131. The Morgan fingerprint density at radius 2 is 1.74 bits per heavy atom. The van der Waals surface area contributed by atoms with Gasteiger partial charge < -0.3 is 13.8 Å². The van der Waals surface area contributed by atoms with Gasteiger partial charge in [-0.25, -0.2) is 0 Å². The molecule has 0 N–H and O–H groups in total. The van der Waals surface area contributed by atoms with Gasteiger partial charge in [-0.05, 0) is 30.3 Å². The molecule has 0 atom stereocenters. The summed E-state index contributed by atoms with van der Waals surface area (Å²) in [6.45, 7) is 1.29. The van der Waals surface area contributed by atoms with Crippen molar-refractivity contribution in [2.75, 3.05) is 0 Å². The largest absolute Gasteiger partial charge is 0.427 e. The van der Waals surface area contributed by atoms with E-state index in [4.69, 9.17) is 9.26 Å². The van der Waals surface area contributed by atoms with Crippen LogP contribution in [-0.4, -0.2) is 27.3 Å². The SMILES string of the molecule is CC(=O)Oc1ccc(-c2noc3c2C(=O)c2ccc(=O)n(C)c2C3=O)cc1. The van der Waals surface area contributed by atoms with E-state index >= 15 is 0 Å². The molecule has 0 amide bonds. The van der Waals surface area contributed by atoms with Gasteiger partial charge in [-0.3, -0.25) is 19.2 Å². The number of benzene rings is 1. The lowest BCUT2D eigenvalue weighted by Gasteiger charge is -2.15. The maximum absolute atomic E-state index is 12.9. The van der Waals surface area contributed by atoms with Crippen molar-refractivity contribution < 1.29 is 23.6 Å². The first-order valence-corrected chi connectivity index (χ1v) is 7.96. The number of carbonyl (C=O) groups is 3. The Morgan fingerprint density at radius 1 is 1.04 bits per heavy atom. The van der Waals surface area contributed by atoms with Crippen LogP contribution in [0.25, 0.3) is 11.3 Å². The molecule has 2 heterocycles. The minimum absolute atomic E-state index is 0.0205. The number of nitrogens with zero attached hydrogens (tertiary/aromatic N) is 2. The predicted octanol–water partition coefficient (Wildman–Crippen LogP) is 1.74. The zero-order valence-electron chi connectivity index (χ0n) is 14.3. The van der Waals surface area contributed by atoms with Crippen LogP contribution in [0.5, 0.6) is 5.75 Å². The fourth-order valence-corrected chi connectivity index (χ4v) is 3.04. The van der Waals surface area contributed by atoms with Gasteiger partial charge in [-0.15, -0.1) is 0 Å². The number of rotatable bonds is 2. The third-order valence-corrected chi connectivity index (χ3v) is 4.29. The lowest BCUT2D eigenvalue weighted by atomic mass is 9.89. The van der Waals surface area contributed by atoms with Crippen molar-refractivity contribution in [1.29, 1.82) is 0 Å². The number of ether oxygens (including phenoxy) is 1. The second kappa shape index (κ2) is 5.87. The minimum atomic E-state index is -0.574. The van der Waals surface area contributed by atoms with E-state index in [1.807, 2.05) is 0 Å². The Morgan fingerprint density at radius 3 is 2.41 bits per heavy atom. The fraction of sp³-hybridized carbons (Fsp3) is 0.105. The maximum atomic E-state index is 12.9. The molecule has 0 spiro atoms. The molecule has 0 radical (unpaired) electrons. The summed E-state index contributed by atoms with van der Waals surface area (Å²) in [6.07, 6.45) is 0. The molecule has 0 fully saturated rings. The normalized spacial score (nSPS) is 12.5. The second-order valence-corrected chi connectivity index (χ2v) is 6.00. The van der Waals surface area contributed by atoms with Crippen molar-refractivity contribution in [2.24, 2.45) is 7.05 Å². The molecular formula is C19H12N2O6. The molecular weight excluding hydrogens is 352 g/mol. The van der Waals surface area contributed by atoms with Crippen LogP contribution in [-0.2, 0) is 11.8 Å². The molecule has 0 aliphatic heterocycles. The molecule has 27 heavy (non-hydrogen) atoms. The smallest absolute Gasteiger partial charge is 0.308 e. The van der Waals surface area contributed by atoms with E-state index in [1.54, 1.807) is 24.3 Å². The average Bonchev–Trinajstić information content (AvgIpc) is 3.08. The quantitative estimate of drug-likeness (QED) is 0.394. The van der Waals surface area contributed by atoms with Crippen LogP contribution in [0.1, 0.15) is 39.1 Å². The highest BCUT2D eigenvalue weighted by Gasteiger charge is 2.38. The third kappa shape index (κ3) is 2.50. The molecule has 1 aromatic carbocycles. The van der Waals surface area contributed by atoms with Crippen LogP contribution in [0.3, 0.4) is 0 Å². The molecule has 0 saturated carbocycles. The summed E-state index contributed by atoms with van der Waals surface area (Å²) in [5.74, 6) is -1.34. The highest BCUT2D eigenvalue weighted by atomic mass is 16.5. The molecule has 1 aliphatic rings. The van der Waals surface area contributed by atoms with Gasteiger partial charge in [0.2, 0.25) is 17.3 Å². The molecule has 0 unspecified atom stereocenters. The van der Waals surface area contributed by atoms with Gasteiger partial charge in [0.15, 0.2) is 0 Å². The Balaban J connectivity index is 1.83. The van der Waals surface area contributed by atoms with Crippen LogP contribution in [0, 0.1) is 0 Å². The number of ketones is 2. The van der Waals surface area contributed by atoms with Crippen molar-refractivity contribution >= 4 is 17.5 Å². The van der Waals surface area contributed by atoms with E-state index in [1.165, 1.54) is 26.1 Å². The van der Waals surface area contributed by atoms with Crippen LogP contribution < -0.4 is 10.3 Å². The van der Waals surface area contributed by atoms with Crippen LogP contribution >= 0.6 is 0 Å². The van der Waals surface area contributed by atoms with Gasteiger partial charge in [-0.1, -0.05) is 5.16 Å². The maximum Gasteiger partial charge on any atom is 0.308 e. The topological polar surface area (TPSA) is 108 Å². The first-order valence-electron chi connectivity index (χ1n) is 7.96. The zero-order valence-corrected chi connectivity index (χ0v) is 14.3. The Hall–Kier alpha value is -3.81. The van der Waals surface area contributed by atoms with Crippen LogP contribution in [0.2, 0.25) is 0 Å². The van der Waals surface area contributed by atoms with E-state index in [2.05, 4.69) is 5.16 Å². The molecule has 1 aliphatic carbocycles. The summed E-state index contributed by atoms with van der Waals surface area (Å²) < 4.78 is 11.2. The summed E-state index contributed by atoms with van der Waals surface area (Å²) in [6, 6.07) is 8.86. The van der Waals surface area contributed by atoms with Gasteiger partial charge in [0, 0.05) is 25.6 Å². The van der Waals surface area contributed by atoms with Gasteiger partial charge >= 0.3 is 5.97 Å². The Kier molecular flexibility index (Phi) is 3.62. The van der Waals surface area contributed by atoms with Gasteiger partial charge in [0.25, 0.3) is 5.56 Å². The predicted molar refractivity (Wildman–Crippen MR) is 91.8 cm³/mol. The van der Waals surface area contributed by atoms with Gasteiger partial charge in [-0.2, -0.15) is 0 Å². The number of fused-ring (bicyclic) bond motifs is 2. The van der Waals surface area contributed by atoms with E-state index in [9.17, 15) is 19.2 Å². The van der Waals surface area contributed by atoms with Crippen molar-refractivity contribution in [2.45, 2.75) is 6.92 Å². The van der Waals surface area contributed by atoms with E-state index in [0.29, 0.717) is 11.3 Å². The van der Waals surface area contributed by atoms with Crippen molar-refractivity contribution in [3.05, 3.63) is 69.3 Å². The summed E-state index contributed by atoms with van der Waals surface area (Å²) in [7, 11) is 1.42. The fourth-order valence-electron chi connectivity index (χ4n) is 3.04. The monoisotopic (exact) mass is 364 g/mol. The van der Waals surface area contributed by atoms with E-state index < -0.39 is 23.1 Å². The molecule has 8 heteroatoms. The molecule has 8 nitrogen and oxygen atoms in total. The van der Waals surface area contributed by atoms with Gasteiger partial charge in [0.1, 0.15) is 22.7 Å². The molecule has 0 bridgehead atoms. The number of esters is 1. The number of hydrogen-bond acceptors (Lipinski definition) is 7. The standard InChI is InChI=1S/C19H12N2O6/c1-9(22)26-11-5-3-10(4-6-11)15-14-17(24)12-7-8-13(23)21(2)16(12)18(25)19(14)27-20-15/h3-8H,1-2H3. The molecule has 2 aromatic heterocycles. The van der Waals surface area contributed by atoms with Crippen LogP contribution in [0.4, 0.5) is 0 Å². The van der Waals surface area contributed by atoms with Crippen molar-refractivity contribution in [1.82, 2.24) is 9.72 Å². The molecule has 0 saturated heterocycles.